The lowest BCUT2D eigenvalue weighted by Gasteiger charge is -2.17. The van der Waals surface area contributed by atoms with E-state index in [0.717, 1.165) is 37.3 Å². The number of carbonyl (C=O) groups is 1. The number of thioether (sulfide) groups is 1. The lowest BCUT2D eigenvalue weighted by Crippen LogP contribution is -2.14. The molecule has 0 fully saturated rings. The highest BCUT2D eigenvalue weighted by Crippen LogP contribution is 2.32. The SMILES string of the molecule is CCOc1ccc2nc(SCC(=O)c3cc(C)n([C@H](C)COC)c3C)sc2c1. The van der Waals surface area contributed by atoms with E-state index in [9.17, 15) is 4.79 Å². The van der Waals surface area contributed by atoms with Crippen molar-refractivity contribution in [3.05, 3.63) is 41.2 Å². The average molecular weight is 419 g/mol. The van der Waals surface area contributed by atoms with Crippen molar-refractivity contribution in [2.75, 3.05) is 26.1 Å². The standard InChI is InChI=1S/C21H26N2O3S2/c1-6-26-16-7-8-18-20(10-16)28-21(22-18)27-12-19(24)17-9-13(2)23(15(17)4)14(3)11-25-5/h7-10,14H,6,11-12H2,1-5H3/t14-/m1/s1. The molecule has 2 heterocycles. The number of hydrogen-bond acceptors (Lipinski definition) is 6. The second-order valence-electron chi connectivity index (χ2n) is 6.71. The first kappa shape index (κ1) is 20.9. The fourth-order valence-corrected chi connectivity index (χ4v) is 5.44. The van der Waals surface area contributed by atoms with Crippen LogP contribution in [0.1, 0.15) is 41.6 Å². The van der Waals surface area contributed by atoms with E-state index >= 15 is 0 Å². The van der Waals surface area contributed by atoms with Crippen molar-refractivity contribution in [1.82, 2.24) is 9.55 Å². The van der Waals surface area contributed by atoms with Gasteiger partial charge < -0.3 is 14.0 Å². The molecular formula is C21H26N2O3S2. The van der Waals surface area contributed by atoms with Crippen LogP contribution in [0.4, 0.5) is 0 Å². The predicted molar refractivity (Wildman–Crippen MR) is 116 cm³/mol. The fraction of sp³-hybridized carbons (Fsp3) is 0.429. The van der Waals surface area contributed by atoms with Gasteiger partial charge in [-0.1, -0.05) is 11.8 Å². The van der Waals surface area contributed by atoms with Gasteiger partial charge in [0.05, 0.1) is 35.2 Å². The molecule has 7 heteroatoms. The molecular weight excluding hydrogens is 392 g/mol. The summed E-state index contributed by atoms with van der Waals surface area (Å²) in [6.45, 7) is 9.37. The summed E-state index contributed by atoms with van der Waals surface area (Å²) in [5.74, 6) is 1.35. The van der Waals surface area contributed by atoms with Crippen LogP contribution >= 0.6 is 23.1 Å². The van der Waals surface area contributed by atoms with Gasteiger partial charge in [0.1, 0.15) is 5.75 Å². The number of Topliss-reactive ketones (excluding diaryl/α,β-unsaturated/α-hetero) is 1. The van der Waals surface area contributed by atoms with Crippen LogP contribution in [0.3, 0.4) is 0 Å². The van der Waals surface area contributed by atoms with Gasteiger partial charge in [-0.15, -0.1) is 11.3 Å². The molecule has 0 radical (unpaired) electrons. The minimum atomic E-state index is 0.128. The van der Waals surface area contributed by atoms with Crippen molar-refractivity contribution in [1.29, 1.82) is 0 Å². The Bertz CT molecular complexity index is 978. The molecule has 0 saturated carbocycles. The highest BCUT2D eigenvalue weighted by atomic mass is 32.2. The van der Waals surface area contributed by atoms with Gasteiger partial charge in [-0.25, -0.2) is 4.98 Å². The molecule has 3 rings (SSSR count). The number of rotatable bonds is 9. The summed E-state index contributed by atoms with van der Waals surface area (Å²) in [7, 11) is 1.70. The normalized spacial score (nSPS) is 12.5. The van der Waals surface area contributed by atoms with Gasteiger partial charge in [-0.2, -0.15) is 0 Å². The Morgan fingerprint density at radius 1 is 1.32 bits per heavy atom. The van der Waals surface area contributed by atoms with Crippen molar-refractivity contribution in [3.8, 4) is 5.75 Å². The zero-order chi connectivity index (χ0) is 20.3. The number of aryl methyl sites for hydroxylation is 1. The summed E-state index contributed by atoms with van der Waals surface area (Å²) < 4.78 is 15.0. The first-order chi connectivity index (χ1) is 13.4. The van der Waals surface area contributed by atoms with Gasteiger partial charge in [0.2, 0.25) is 0 Å². The van der Waals surface area contributed by atoms with Crippen molar-refractivity contribution < 1.29 is 14.3 Å². The number of carbonyl (C=O) groups excluding carboxylic acids is 1. The first-order valence-corrected chi connectivity index (χ1v) is 11.1. The van der Waals surface area contributed by atoms with Crippen LogP contribution in [-0.2, 0) is 4.74 Å². The Labute approximate surface area is 174 Å². The largest absolute Gasteiger partial charge is 0.494 e. The molecule has 0 aliphatic carbocycles. The van der Waals surface area contributed by atoms with Gasteiger partial charge >= 0.3 is 0 Å². The Morgan fingerprint density at radius 3 is 2.82 bits per heavy atom. The van der Waals surface area contributed by atoms with Gasteiger partial charge in [0.15, 0.2) is 10.1 Å². The zero-order valence-corrected chi connectivity index (χ0v) is 18.6. The molecule has 150 valence electrons. The van der Waals surface area contributed by atoms with E-state index in [0.29, 0.717) is 19.0 Å². The smallest absolute Gasteiger partial charge is 0.174 e. The van der Waals surface area contributed by atoms with E-state index in [1.807, 2.05) is 45.0 Å². The first-order valence-electron chi connectivity index (χ1n) is 9.31. The maximum Gasteiger partial charge on any atom is 0.174 e. The molecule has 0 spiro atoms. The number of fused-ring (bicyclic) bond motifs is 1. The maximum absolute atomic E-state index is 12.8. The number of ether oxygens (including phenoxy) is 2. The lowest BCUT2D eigenvalue weighted by atomic mass is 10.2. The van der Waals surface area contributed by atoms with E-state index in [4.69, 9.17) is 9.47 Å². The minimum Gasteiger partial charge on any atom is -0.494 e. The highest BCUT2D eigenvalue weighted by molar-refractivity contribution is 8.01. The topological polar surface area (TPSA) is 53.3 Å². The van der Waals surface area contributed by atoms with Crippen LogP contribution in [0, 0.1) is 13.8 Å². The van der Waals surface area contributed by atoms with Crippen molar-refractivity contribution in [2.24, 2.45) is 0 Å². The van der Waals surface area contributed by atoms with Gasteiger partial charge in [-0.3, -0.25) is 4.79 Å². The molecule has 0 aliphatic rings. The molecule has 3 aromatic rings. The second-order valence-corrected chi connectivity index (χ2v) is 8.97. The molecule has 0 aliphatic heterocycles. The third kappa shape index (κ3) is 4.42. The minimum absolute atomic E-state index is 0.128. The third-order valence-corrected chi connectivity index (χ3v) is 6.77. The molecule has 1 aromatic carbocycles. The summed E-state index contributed by atoms with van der Waals surface area (Å²) in [6, 6.07) is 8.09. The van der Waals surface area contributed by atoms with E-state index in [2.05, 4.69) is 16.5 Å². The average Bonchev–Trinajstić information content (AvgIpc) is 3.20. The van der Waals surface area contributed by atoms with Crippen molar-refractivity contribution >= 4 is 39.1 Å². The second kappa shape index (κ2) is 9.11. The van der Waals surface area contributed by atoms with E-state index in [-0.39, 0.29) is 11.8 Å². The fourth-order valence-electron chi connectivity index (χ4n) is 3.46. The number of thiazole rings is 1. The maximum atomic E-state index is 12.8. The van der Waals surface area contributed by atoms with Crippen molar-refractivity contribution in [3.63, 3.8) is 0 Å². The van der Waals surface area contributed by atoms with Crippen LogP contribution in [0.2, 0.25) is 0 Å². The molecule has 5 nitrogen and oxygen atoms in total. The van der Waals surface area contributed by atoms with E-state index in [1.165, 1.54) is 11.8 Å². The van der Waals surface area contributed by atoms with Crippen LogP contribution < -0.4 is 4.74 Å². The van der Waals surface area contributed by atoms with Crippen LogP contribution in [0.5, 0.6) is 5.75 Å². The number of ketones is 1. The molecule has 2 aromatic heterocycles. The van der Waals surface area contributed by atoms with Gasteiger partial charge in [0, 0.05) is 24.1 Å². The number of hydrogen-bond donors (Lipinski definition) is 0. The Hall–Kier alpha value is -1.83. The molecule has 0 saturated heterocycles. The molecule has 28 heavy (non-hydrogen) atoms. The summed E-state index contributed by atoms with van der Waals surface area (Å²) >= 11 is 3.09. The molecule has 0 amide bonds. The Kier molecular flexibility index (Phi) is 6.80. The molecule has 0 N–H and O–H groups in total. The molecule has 0 bridgehead atoms. The van der Waals surface area contributed by atoms with Crippen LogP contribution in [-0.4, -0.2) is 41.4 Å². The van der Waals surface area contributed by atoms with E-state index < -0.39 is 0 Å². The third-order valence-electron chi connectivity index (χ3n) is 4.61. The lowest BCUT2D eigenvalue weighted by molar-refractivity contribution is 0.102. The quantitative estimate of drug-likeness (QED) is 0.349. The number of nitrogens with zero attached hydrogens (tertiary/aromatic N) is 2. The number of methoxy groups -OCH3 is 1. The molecule has 1 atom stereocenters. The summed E-state index contributed by atoms with van der Waals surface area (Å²) in [5.41, 5.74) is 3.81. The highest BCUT2D eigenvalue weighted by Gasteiger charge is 2.19. The van der Waals surface area contributed by atoms with Gasteiger partial charge in [0.25, 0.3) is 0 Å². The Balaban J connectivity index is 1.72. The van der Waals surface area contributed by atoms with E-state index in [1.54, 1.807) is 18.4 Å². The zero-order valence-electron chi connectivity index (χ0n) is 16.9. The van der Waals surface area contributed by atoms with Gasteiger partial charge in [-0.05, 0) is 52.0 Å². The van der Waals surface area contributed by atoms with Crippen LogP contribution in [0.15, 0.2) is 28.6 Å². The number of benzene rings is 1. The predicted octanol–water partition coefficient (Wildman–Crippen LogP) is 5.30. The van der Waals surface area contributed by atoms with Crippen LogP contribution in [0.25, 0.3) is 10.2 Å². The van der Waals surface area contributed by atoms with Crippen molar-refractivity contribution in [2.45, 2.75) is 38.1 Å². The Morgan fingerprint density at radius 2 is 2.11 bits per heavy atom. The summed E-state index contributed by atoms with van der Waals surface area (Å²) in [4.78, 5) is 17.5. The summed E-state index contributed by atoms with van der Waals surface area (Å²) in [6.07, 6.45) is 0. The molecule has 0 unspecified atom stereocenters. The summed E-state index contributed by atoms with van der Waals surface area (Å²) in [5, 5.41) is 0. The monoisotopic (exact) mass is 418 g/mol. The number of aromatic nitrogens is 2.